The molecule has 12 heteroatoms. The van der Waals surface area contributed by atoms with Gasteiger partial charge in [-0.15, -0.1) is 0 Å². The second-order valence-electron chi connectivity index (χ2n) is 17.7. The Kier molecular flexibility index (Phi) is 37.6. The molecule has 1 heterocycles. The van der Waals surface area contributed by atoms with Crippen molar-refractivity contribution in [2.24, 2.45) is 10.7 Å². The van der Waals surface area contributed by atoms with Crippen molar-refractivity contribution in [3.05, 3.63) is 24.3 Å². The fourth-order valence-corrected chi connectivity index (χ4v) is 7.86. The van der Waals surface area contributed by atoms with Gasteiger partial charge in [-0.25, -0.2) is 0 Å². The third kappa shape index (κ3) is 33.6. The molecule has 1 fully saturated rings. The quantitative estimate of drug-likeness (QED) is 0.0230. The van der Waals surface area contributed by atoms with E-state index >= 15 is 0 Å². The Morgan fingerprint density at radius 3 is 1.63 bits per heavy atom. The van der Waals surface area contributed by atoms with Gasteiger partial charge in [-0.2, -0.15) is 0 Å². The minimum atomic E-state index is -1.12. The Labute approximate surface area is 383 Å². The Morgan fingerprint density at radius 2 is 1.13 bits per heavy atom. The third-order valence-corrected chi connectivity index (χ3v) is 11.9. The molecule has 3 atom stereocenters. The summed E-state index contributed by atoms with van der Waals surface area (Å²) in [5.74, 6) is -1.97. The van der Waals surface area contributed by atoms with Crippen molar-refractivity contribution < 1.29 is 29.1 Å². The van der Waals surface area contributed by atoms with Crippen LogP contribution in [-0.2, 0) is 24.0 Å². The summed E-state index contributed by atoms with van der Waals surface area (Å²) in [6.45, 7) is 5.61. The average Bonchev–Trinajstić information content (AvgIpc) is 3.75. The zero-order valence-corrected chi connectivity index (χ0v) is 40.0. The molecule has 0 aromatic rings. The third-order valence-electron chi connectivity index (χ3n) is 11.9. The van der Waals surface area contributed by atoms with Crippen LogP contribution in [0.15, 0.2) is 29.3 Å². The molecule has 1 rings (SSSR count). The summed E-state index contributed by atoms with van der Waals surface area (Å²) in [7, 11) is 0. The average molecular weight is 885 g/mol. The predicted molar refractivity (Wildman–Crippen MR) is 260 cm³/mol. The van der Waals surface area contributed by atoms with Gasteiger partial charge in [0.2, 0.25) is 23.6 Å². The van der Waals surface area contributed by atoms with Crippen molar-refractivity contribution in [1.29, 1.82) is 0 Å². The van der Waals surface area contributed by atoms with Gasteiger partial charge in [-0.1, -0.05) is 141 Å². The highest BCUT2D eigenvalue weighted by atomic mass is 16.4. The van der Waals surface area contributed by atoms with Gasteiger partial charge < -0.3 is 31.7 Å². The molecule has 362 valence electrons. The molecule has 1 saturated heterocycles. The largest absolute Gasteiger partial charge is 0.480 e. The number of nitrogens with two attached hydrogens (primary N) is 1. The van der Waals surface area contributed by atoms with Gasteiger partial charge in [0.1, 0.15) is 12.1 Å². The molecule has 1 aliphatic rings. The lowest BCUT2D eigenvalue weighted by atomic mass is 10.1. The van der Waals surface area contributed by atoms with Crippen LogP contribution in [0.4, 0.5) is 0 Å². The molecule has 0 saturated carbocycles. The van der Waals surface area contributed by atoms with E-state index in [1.165, 1.54) is 96.3 Å². The van der Waals surface area contributed by atoms with Gasteiger partial charge >= 0.3 is 5.97 Å². The van der Waals surface area contributed by atoms with E-state index in [2.05, 4.69) is 59.1 Å². The molecule has 3 unspecified atom stereocenters. The number of carboxylic acids is 1. The molecule has 0 radical (unpaired) electrons. The van der Waals surface area contributed by atoms with Crippen LogP contribution in [0, 0.1) is 0 Å². The maximum absolute atomic E-state index is 13.3. The fourth-order valence-electron chi connectivity index (χ4n) is 7.86. The Morgan fingerprint density at radius 1 is 0.651 bits per heavy atom. The molecule has 1 aliphatic heterocycles. The maximum Gasteiger partial charge on any atom is 0.320 e. The van der Waals surface area contributed by atoms with E-state index in [1.807, 2.05) is 0 Å². The van der Waals surface area contributed by atoms with Crippen molar-refractivity contribution in [1.82, 2.24) is 20.9 Å². The maximum atomic E-state index is 13.3. The van der Waals surface area contributed by atoms with Gasteiger partial charge in [0.25, 0.3) is 0 Å². The van der Waals surface area contributed by atoms with E-state index in [9.17, 15) is 24.0 Å². The minimum absolute atomic E-state index is 0.0157. The van der Waals surface area contributed by atoms with Crippen LogP contribution in [0.5, 0.6) is 0 Å². The Hall–Kier alpha value is -3.54. The fraction of sp³-hybridized carbons (Fsp3) is 0.804. The number of rotatable bonds is 42. The first kappa shape index (κ1) is 57.5. The van der Waals surface area contributed by atoms with Crippen LogP contribution in [0.25, 0.3) is 0 Å². The van der Waals surface area contributed by atoms with E-state index in [-0.39, 0.29) is 62.1 Å². The number of carbonyl (C=O) groups is 5. The summed E-state index contributed by atoms with van der Waals surface area (Å²) in [5.41, 5.74) is 5.57. The first-order valence-corrected chi connectivity index (χ1v) is 25.6. The lowest BCUT2D eigenvalue weighted by molar-refractivity contribution is -0.139. The number of nitrogens with one attached hydrogen (secondary N) is 3. The number of aliphatic carboxylic acids is 1. The number of aliphatic imine (C=N–C) groups is 1. The molecule has 0 aromatic carbocycles. The Balaban J connectivity index is 2.46. The van der Waals surface area contributed by atoms with Crippen molar-refractivity contribution >= 4 is 35.8 Å². The molecular formula is C51H92N6O6. The standard InChI is InChI=1S/C51H92N6O6/c1-3-5-7-9-11-13-15-17-19-21-23-25-27-29-31-35-47(58)55-43-46(56-48(59)36-32-30-28-26-24-22-20-18-16-14-12-10-8-6-4-2)50(61)54-40-39-53-42-44-34-33-41-57(44)49(60)38-37-45(52)51(62)63/h17-20,42,44-46H,3-16,21-41,43,52H2,1-2H3,(H,54,61)(H,55,58)(H,56,59)(H,62,63)/b19-17+,20-18+,53-42?. The summed E-state index contributed by atoms with van der Waals surface area (Å²) < 4.78 is 0. The van der Waals surface area contributed by atoms with Crippen LogP contribution in [0.3, 0.4) is 0 Å². The smallest absolute Gasteiger partial charge is 0.320 e. The number of carbonyl (C=O) groups excluding carboxylic acids is 4. The van der Waals surface area contributed by atoms with E-state index < -0.39 is 18.1 Å². The SMILES string of the molecule is CCCCCCCC/C=C/CCCCCCCC(=O)NCC(NC(=O)CCCCCCC/C=C/CCCCCCCC)C(=O)NCCN=CC1CCCN1C(=O)CCC(N)C(=O)O. The van der Waals surface area contributed by atoms with Crippen LogP contribution in [-0.4, -0.2) is 90.1 Å². The number of carboxylic acid groups (broad SMARTS) is 1. The highest BCUT2D eigenvalue weighted by Crippen LogP contribution is 2.18. The van der Waals surface area contributed by atoms with Gasteiger partial charge in [-0.3, -0.25) is 29.0 Å². The Bertz CT molecular complexity index is 1290. The van der Waals surface area contributed by atoms with E-state index in [0.717, 1.165) is 83.5 Å². The molecule has 6 N–H and O–H groups in total. The normalized spacial score (nSPS) is 15.1. The summed E-state index contributed by atoms with van der Waals surface area (Å²) in [5, 5.41) is 17.6. The number of allylic oxidation sites excluding steroid dienone is 4. The van der Waals surface area contributed by atoms with E-state index in [1.54, 1.807) is 11.1 Å². The summed E-state index contributed by atoms with van der Waals surface area (Å²) in [4.78, 5) is 69.0. The first-order valence-electron chi connectivity index (χ1n) is 25.6. The molecular weight excluding hydrogens is 793 g/mol. The summed E-state index contributed by atoms with van der Waals surface area (Å²) in [6.07, 6.45) is 44.2. The van der Waals surface area contributed by atoms with Crippen LogP contribution in [0.1, 0.15) is 219 Å². The highest BCUT2D eigenvalue weighted by Gasteiger charge is 2.28. The van der Waals surface area contributed by atoms with E-state index in [4.69, 9.17) is 10.8 Å². The lowest BCUT2D eigenvalue weighted by Gasteiger charge is -2.22. The van der Waals surface area contributed by atoms with E-state index in [0.29, 0.717) is 19.4 Å². The molecule has 4 amide bonds. The molecule has 0 aromatic heterocycles. The van der Waals surface area contributed by atoms with Crippen LogP contribution < -0.4 is 21.7 Å². The van der Waals surface area contributed by atoms with Gasteiger partial charge in [0.05, 0.1) is 12.6 Å². The van der Waals surface area contributed by atoms with Crippen molar-refractivity contribution in [2.75, 3.05) is 26.2 Å². The number of likely N-dealkylation sites (tertiary alicyclic amines) is 1. The number of unbranched alkanes of at least 4 members (excludes halogenated alkanes) is 22. The van der Waals surface area contributed by atoms with Crippen molar-refractivity contribution in [3.63, 3.8) is 0 Å². The number of hydrogen-bond donors (Lipinski definition) is 5. The zero-order valence-electron chi connectivity index (χ0n) is 40.0. The van der Waals surface area contributed by atoms with Gasteiger partial charge in [0, 0.05) is 45.1 Å². The van der Waals surface area contributed by atoms with Crippen molar-refractivity contribution in [3.8, 4) is 0 Å². The molecule has 0 spiro atoms. The predicted octanol–water partition coefficient (Wildman–Crippen LogP) is 10.0. The molecule has 63 heavy (non-hydrogen) atoms. The minimum Gasteiger partial charge on any atom is -0.480 e. The number of amides is 4. The monoisotopic (exact) mass is 885 g/mol. The highest BCUT2D eigenvalue weighted by molar-refractivity contribution is 5.88. The number of nitrogens with zero attached hydrogens (tertiary/aromatic N) is 2. The topological polar surface area (TPSA) is 183 Å². The molecule has 0 aliphatic carbocycles. The molecule has 12 nitrogen and oxygen atoms in total. The van der Waals surface area contributed by atoms with Crippen LogP contribution >= 0.6 is 0 Å². The second kappa shape index (κ2) is 41.2. The summed E-state index contributed by atoms with van der Waals surface area (Å²) >= 11 is 0. The molecule has 0 bridgehead atoms. The number of hydrogen-bond acceptors (Lipinski definition) is 7. The summed E-state index contributed by atoms with van der Waals surface area (Å²) in [6, 6.07) is -2.16. The second-order valence-corrected chi connectivity index (χ2v) is 17.7. The van der Waals surface area contributed by atoms with Crippen molar-refractivity contribution in [2.45, 2.75) is 237 Å². The van der Waals surface area contributed by atoms with Crippen LogP contribution in [0.2, 0.25) is 0 Å². The van der Waals surface area contributed by atoms with Gasteiger partial charge in [-0.05, 0) is 83.5 Å². The first-order chi connectivity index (χ1) is 30.7. The van der Waals surface area contributed by atoms with Gasteiger partial charge in [0.15, 0.2) is 0 Å². The lowest BCUT2D eigenvalue weighted by Crippen LogP contribution is -2.53. The zero-order chi connectivity index (χ0) is 46.0.